The van der Waals surface area contributed by atoms with Gasteiger partial charge in [-0.05, 0) is 118 Å². The van der Waals surface area contributed by atoms with Crippen molar-refractivity contribution in [3.8, 4) is 29.1 Å². The first-order valence-corrected chi connectivity index (χ1v) is 21.6. The van der Waals surface area contributed by atoms with Gasteiger partial charge in [0.05, 0.1) is 49.8 Å². The van der Waals surface area contributed by atoms with Gasteiger partial charge in [-0.2, -0.15) is 5.26 Å². The molecule has 1 saturated carbocycles. The second-order valence-electron chi connectivity index (χ2n) is 17.2. The Bertz CT molecular complexity index is 2210. The van der Waals surface area contributed by atoms with E-state index in [4.69, 9.17) is 33.7 Å². The lowest BCUT2D eigenvalue weighted by molar-refractivity contribution is -0.252. The van der Waals surface area contributed by atoms with Gasteiger partial charge < -0.3 is 43.6 Å². The first-order chi connectivity index (χ1) is 30.3. The molecule has 2 aliphatic carbocycles. The summed E-state index contributed by atoms with van der Waals surface area (Å²) >= 11 is 0. The second kappa shape index (κ2) is 20.5. The first kappa shape index (κ1) is 46.6. The summed E-state index contributed by atoms with van der Waals surface area (Å²) in [6.07, 6.45) is 7.63. The lowest BCUT2D eigenvalue weighted by Gasteiger charge is -2.59. The lowest BCUT2D eigenvalue weighted by atomic mass is 9.55. The summed E-state index contributed by atoms with van der Waals surface area (Å²) in [4.78, 5) is 35.9. The number of amides is 2. The van der Waals surface area contributed by atoms with Gasteiger partial charge in [0.2, 0.25) is 5.79 Å². The molecule has 336 valence electrons. The van der Waals surface area contributed by atoms with Crippen LogP contribution in [0.5, 0.6) is 23.0 Å². The molecule has 3 N–H and O–H groups in total. The summed E-state index contributed by atoms with van der Waals surface area (Å²) in [7, 11) is 4.76. The molecular formula is C49H60N4O10. The fraction of sp³-hybridized carbons (Fsp3) is 0.469. The molecule has 14 nitrogen and oxygen atoms in total. The average Bonchev–Trinajstić information content (AvgIpc) is 3.28. The SMILES string of the molecule is C=CCOC12Oc3ccc(OC(=O)Nc4ccc(OC)cc4OC)cc3C3C(CCCCO)C(CCCCO)C=C(C(=NOC(C)(C)C)CC1N(C)C(=O)c1ccc(C#N)cc1)C32. The highest BCUT2D eigenvalue weighted by Gasteiger charge is 2.65. The molecule has 0 radical (unpaired) electrons. The van der Waals surface area contributed by atoms with Gasteiger partial charge in [-0.15, -0.1) is 6.58 Å². The molecule has 3 aromatic rings. The molecule has 1 fully saturated rings. The molecule has 14 heteroatoms. The quantitative estimate of drug-likeness (QED) is 0.0635. The van der Waals surface area contributed by atoms with E-state index in [2.05, 4.69) is 24.0 Å². The van der Waals surface area contributed by atoms with Gasteiger partial charge in [0.25, 0.3) is 5.91 Å². The third-order valence-electron chi connectivity index (χ3n) is 12.0. The molecule has 1 heterocycles. The Morgan fingerprint density at radius 2 is 1.71 bits per heavy atom. The van der Waals surface area contributed by atoms with E-state index in [9.17, 15) is 25.1 Å². The number of nitriles is 1. The molecule has 63 heavy (non-hydrogen) atoms. The Labute approximate surface area is 370 Å². The summed E-state index contributed by atoms with van der Waals surface area (Å²) in [5.41, 5.74) is 2.88. The maximum Gasteiger partial charge on any atom is 0.417 e. The minimum Gasteiger partial charge on any atom is -0.497 e. The molecule has 3 aromatic carbocycles. The van der Waals surface area contributed by atoms with Crippen LogP contribution in [-0.4, -0.2) is 91.3 Å². The van der Waals surface area contributed by atoms with Crippen LogP contribution in [0.1, 0.15) is 93.1 Å². The highest BCUT2D eigenvalue weighted by Crippen LogP contribution is 2.62. The van der Waals surface area contributed by atoms with Gasteiger partial charge in [0, 0.05) is 49.8 Å². The molecule has 3 aliphatic rings. The molecule has 6 atom stereocenters. The maximum absolute atomic E-state index is 14.6. The third-order valence-corrected chi connectivity index (χ3v) is 12.0. The number of unbranched alkanes of at least 4 members (excludes halogenated alkanes) is 2. The van der Waals surface area contributed by atoms with Gasteiger partial charge in [-0.1, -0.05) is 30.1 Å². The third kappa shape index (κ3) is 10.3. The highest BCUT2D eigenvalue weighted by atomic mass is 16.7. The number of hydrogen-bond donors (Lipinski definition) is 3. The number of ether oxygens (including phenoxy) is 5. The number of carbonyl (C=O) groups excluding carboxylic acids is 2. The van der Waals surface area contributed by atoms with Crippen molar-refractivity contribution < 1.29 is 48.3 Å². The number of aliphatic hydroxyl groups is 2. The fourth-order valence-electron chi connectivity index (χ4n) is 9.16. The van der Waals surface area contributed by atoms with E-state index in [1.54, 1.807) is 79.7 Å². The van der Waals surface area contributed by atoms with Crippen molar-refractivity contribution in [3.05, 3.63) is 102 Å². The summed E-state index contributed by atoms with van der Waals surface area (Å²) in [6, 6.07) is 18.2. The molecule has 6 rings (SSSR count). The second-order valence-corrected chi connectivity index (χ2v) is 17.2. The van der Waals surface area contributed by atoms with E-state index in [0.29, 0.717) is 52.6 Å². The molecule has 0 saturated heterocycles. The van der Waals surface area contributed by atoms with Crippen LogP contribution in [0.3, 0.4) is 0 Å². The van der Waals surface area contributed by atoms with Crippen molar-refractivity contribution in [2.75, 3.05) is 46.4 Å². The Morgan fingerprint density at radius 3 is 2.37 bits per heavy atom. The van der Waals surface area contributed by atoms with E-state index in [1.807, 2.05) is 26.8 Å². The first-order valence-electron chi connectivity index (χ1n) is 21.6. The van der Waals surface area contributed by atoms with Crippen molar-refractivity contribution in [1.82, 2.24) is 4.90 Å². The maximum atomic E-state index is 14.6. The van der Waals surface area contributed by atoms with Crippen molar-refractivity contribution in [1.29, 1.82) is 5.26 Å². The van der Waals surface area contributed by atoms with Gasteiger partial charge >= 0.3 is 6.09 Å². The number of methoxy groups -OCH3 is 2. The number of likely N-dealkylation sites (N-methyl/N-ethyl adjacent to an activating group) is 1. The van der Waals surface area contributed by atoms with Crippen LogP contribution in [0.15, 0.2) is 90.1 Å². The van der Waals surface area contributed by atoms with E-state index in [1.165, 1.54) is 7.11 Å². The number of benzene rings is 3. The average molecular weight is 865 g/mol. The Hall–Kier alpha value is -5.88. The number of anilines is 1. The van der Waals surface area contributed by atoms with E-state index >= 15 is 0 Å². The molecule has 6 unspecified atom stereocenters. The number of aliphatic hydroxyl groups excluding tert-OH is 2. The van der Waals surface area contributed by atoms with Crippen molar-refractivity contribution in [3.63, 3.8) is 0 Å². The Balaban J connectivity index is 1.53. The summed E-state index contributed by atoms with van der Waals surface area (Å²) in [5, 5.41) is 36.9. The minimum atomic E-state index is -1.48. The van der Waals surface area contributed by atoms with Crippen molar-refractivity contribution in [2.45, 2.75) is 89.1 Å². The molecule has 0 aromatic heterocycles. The van der Waals surface area contributed by atoms with Crippen LogP contribution >= 0.6 is 0 Å². The summed E-state index contributed by atoms with van der Waals surface area (Å²) in [6.45, 7) is 9.95. The van der Waals surface area contributed by atoms with Crippen LogP contribution in [0.2, 0.25) is 0 Å². The number of carbonyl (C=O) groups is 2. The number of nitrogens with one attached hydrogen (secondary N) is 1. The Morgan fingerprint density at radius 1 is 1.00 bits per heavy atom. The number of rotatable bonds is 18. The molecule has 1 aliphatic heterocycles. The van der Waals surface area contributed by atoms with Gasteiger partial charge in [-0.25, -0.2) is 4.79 Å². The van der Waals surface area contributed by atoms with Crippen LogP contribution in [0, 0.1) is 29.1 Å². The van der Waals surface area contributed by atoms with E-state index < -0.39 is 29.4 Å². The van der Waals surface area contributed by atoms with Gasteiger partial charge in [0.15, 0.2) is 0 Å². The topological polar surface area (TPSA) is 181 Å². The standard InChI is InChI=1S/C49H60N4O10/c1-8-25-60-49-43(53(5)46(56)32-17-15-31(30-50)16-18-32)29-40(52-63-48(2,3)4)37-26-33(13-9-11-23-54)36(14-10-12-24-55)44(45(37)49)38-27-35(20-22-41(38)62-49)61-47(57)51-39-21-19-34(58-6)28-42(39)59-7/h8,15-22,26-28,33,36,43-45,54-55H,1,9-14,23-25,29H2,2-7H3,(H,51,57). The minimum absolute atomic E-state index is 0.000598. The van der Waals surface area contributed by atoms with Crippen molar-refractivity contribution in [2.24, 2.45) is 22.9 Å². The van der Waals surface area contributed by atoms with Gasteiger partial charge in [0.1, 0.15) is 34.6 Å². The summed E-state index contributed by atoms with van der Waals surface area (Å²) < 4.78 is 31.0. The fourth-order valence-corrected chi connectivity index (χ4v) is 9.16. The van der Waals surface area contributed by atoms with Crippen LogP contribution in [-0.2, 0) is 9.57 Å². The predicted octanol–water partition coefficient (Wildman–Crippen LogP) is 8.39. The van der Waals surface area contributed by atoms with Gasteiger partial charge in [-0.3, -0.25) is 10.1 Å². The normalized spacial score (nSPS) is 22.9. The zero-order chi connectivity index (χ0) is 45.3. The number of hydrogen-bond acceptors (Lipinski definition) is 12. The van der Waals surface area contributed by atoms with Crippen LogP contribution in [0.25, 0.3) is 0 Å². The largest absolute Gasteiger partial charge is 0.497 e. The highest BCUT2D eigenvalue weighted by molar-refractivity contribution is 6.03. The molecule has 0 spiro atoms. The van der Waals surface area contributed by atoms with Crippen molar-refractivity contribution >= 4 is 23.4 Å². The lowest BCUT2D eigenvalue weighted by Crippen LogP contribution is -2.69. The molecule has 2 amide bonds. The predicted molar refractivity (Wildman–Crippen MR) is 238 cm³/mol. The number of oxime groups is 1. The van der Waals surface area contributed by atoms with Crippen LogP contribution < -0.4 is 24.3 Å². The van der Waals surface area contributed by atoms with E-state index in [-0.39, 0.29) is 55.7 Å². The zero-order valence-corrected chi connectivity index (χ0v) is 37.1. The number of allylic oxidation sites excluding steroid dienone is 1. The monoisotopic (exact) mass is 864 g/mol. The smallest absolute Gasteiger partial charge is 0.417 e. The number of fused-ring (bicyclic) bond motifs is 2. The van der Waals surface area contributed by atoms with Crippen LogP contribution in [0.4, 0.5) is 10.5 Å². The number of nitrogens with zero attached hydrogens (tertiary/aromatic N) is 3. The molecular weight excluding hydrogens is 805 g/mol. The molecule has 0 bridgehead atoms. The van der Waals surface area contributed by atoms with E-state index in [0.717, 1.165) is 36.8 Å². The summed E-state index contributed by atoms with van der Waals surface area (Å²) in [5.74, 6) is -1.01. The zero-order valence-electron chi connectivity index (χ0n) is 37.1. The Kier molecular flexibility index (Phi) is 15.2.